The Kier molecular flexibility index (Phi) is 6.01. The summed E-state index contributed by atoms with van der Waals surface area (Å²) in [4.78, 5) is 2.22. The van der Waals surface area contributed by atoms with Crippen molar-refractivity contribution in [1.82, 2.24) is 4.90 Å². The monoisotopic (exact) mass is 268 g/mol. The molecule has 1 rings (SSSR count). The Bertz CT molecular complexity index is 288. The van der Waals surface area contributed by atoms with Gasteiger partial charge in [-0.3, -0.25) is 0 Å². The van der Waals surface area contributed by atoms with Gasteiger partial charge in [-0.15, -0.1) is 0 Å². The van der Waals surface area contributed by atoms with Gasteiger partial charge in [-0.1, -0.05) is 20.8 Å². The molecule has 1 saturated carbocycles. The lowest BCUT2D eigenvalue weighted by Gasteiger charge is -2.39. The molecule has 0 spiro atoms. The van der Waals surface area contributed by atoms with Gasteiger partial charge in [-0.05, 0) is 44.7 Å². The van der Waals surface area contributed by atoms with Crippen molar-refractivity contribution in [3.05, 3.63) is 0 Å². The normalized spacial score (nSPS) is 29.3. The Morgan fingerprint density at radius 3 is 2.44 bits per heavy atom. The van der Waals surface area contributed by atoms with E-state index in [1.54, 1.807) is 0 Å². The number of thioether (sulfide) groups is 1. The second-order valence-corrected chi connectivity index (χ2v) is 8.17. The van der Waals surface area contributed by atoms with Crippen LogP contribution in [0.3, 0.4) is 0 Å². The van der Waals surface area contributed by atoms with E-state index in [0.717, 1.165) is 24.6 Å². The van der Waals surface area contributed by atoms with Crippen LogP contribution in [0.4, 0.5) is 0 Å². The van der Waals surface area contributed by atoms with Crippen LogP contribution in [0.15, 0.2) is 0 Å². The minimum Gasteiger partial charge on any atom is -0.309 e. The smallest absolute Gasteiger partial charge is 0.0667 e. The predicted octanol–water partition coefficient (Wildman–Crippen LogP) is 3.64. The van der Waals surface area contributed by atoms with E-state index in [1.807, 2.05) is 11.8 Å². The predicted molar refractivity (Wildman–Crippen MR) is 80.7 cm³/mol. The molecule has 1 aliphatic rings. The standard InChI is InChI=1S/C15H28N2S/c1-15(2,3)13-7-6-12(11-16)14(10-13)18-9-8-17(4)5/h12-14H,6-10H2,1-5H3. The first-order valence-electron chi connectivity index (χ1n) is 7.00. The third-order valence-corrected chi connectivity index (χ3v) is 5.42. The molecule has 0 aromatic heterocycles. The molecule has 1 aliphatic carbocycles. The van der Waals surface area contributed by atoms with Crippen molar-refractivity contribution in [2.75, 3.05) is 26.4 Å². The van der Waals surface area contributed by atoms with Gasteiger partial charge in [0.05, 0.1) is 12.0 Å². The van der Waals surface area contributed by atoms with Crippen LogP contribution in [-0.4, -0.2) is 36.5 Å². The van der Waals surface area contributed by atoms with Gasteiger partial charge in [0.25, 0.3) is 0 Å². The maximum Gasteiger partial charge on any atom is 0.0667 e. The summed E-state index contributed by atoms with van der Waals surface area (Å²) in [6.07, 6.45) is 3.55. The van der Waals surface area contributed by atoms with Gasteiger partial charge in [0, 0.05) is 17.5 Å². The Morgan fingerprint density at radius 2 is 1.94 bits per heavy atom. The molecular formula is C15H28N2S. The fourth-order valence-electron chi connectivity index (χ4n) is 2.63. The highest BCUT2D eigenvalue weighted by atomic mass is 32.2. The fraction of sp³-hybridized carbons (Fsp3) is 0.933. The van der Waals surface area contributed by atoms with Crippen LogP contribution in [-0.2, 0) is 0 Å². The highest BCUT2D eigenvalue weighted by Gasteiger charge is 2.35. The molecule has 0 amide bonds. The molecule has 0 aromatic carbocycles. The highest BCUT2D eigenvalue weighted by molar-refractivity contribution is 7.99. The first-order chi connectivity index (χ1) is 8.34. The lowest BCUT2D eigenvalue weighted by Crippen LogP contribution is -2.33. The van der Waals surface area contributed by atoms with Crippen LogP contribution in [0.5, 0.6) is 0 Å². The van der Waals surface area contributed by atoms with Crippen LogP contribution in [0.1, 0.15) is 40.0 Å². The summed E-state index contributed by atoms with van der Waals surface area (Å²) < 4.78 is 0. The van der Waals surface area contributed by atoms with E-state index in [9.17, 15) is 5.26 Å². The summed E-state index contributed by atoms with van der Waals surface area (Å²) in [5.41, 5.74) is 0.390. The molecule has 2 nitrogen and oxygen atoms in total. The highest BCUT2D eigenvalue weighted by Crippen LogP contribution is 2.43. The number of nitrogens with zero attached hydrogens (tertiary/aromatic N) is 2. The van der Waals surface area contributed by atoms with Gasteiger partial charge in [0.2, 0.25) is 0 Å². The second kappa shape index (κ2) is 6.82. The molecule has 0 heterocycles. The van der Waals surface area contributed by atoms with Crippen molar-refractivity contribution >= 4 is 11.8 Å². The fourth-order valence-corrected chi connectivity index (χ4v) is 4.21. The molecule has 0 aliphatic heterocycles. The Balaban J connectivity index is 2.52. The number of nitriles is 1. The van der Waals surface area contributed by atoms with E-state index in [4.69, 9.17) is 0 Å². The molecule has 3 unspecified atom stereocenters. The molecular weight excluding hydrogens is 240 g/mol. The number of hydrogen-bond donors (Lipinski definition) is 0. The zero-order chi connectivity index (χ0) is 13.8. The third kappa shape index (κ3) is 4.82. The molecule has 0 saturated heterocycles. The van der Waals surface area contributed by atoms with Crippen LogP contribution in [0.25, 0.3) is 0 Å². The first kappa shape index (κ1) is 15.9. The lowest BCUT2D eigenvalue weighted by atomic mass is 9.70. The van der Waals surface area contributed by atoms with Crippen LogP contribution >= 0.6 is 11.8 Å². The van der Waals surface area contributed by atoms with Crippen molar-refractivity contribution in [2.45, 2.75) is 45.3 Å². The summed E-state index contributed by atoms with van der Waals surface area (Å²) in [5, 5.41) is 9.83. The van der Waals surface area contributed by atoms with E-state index in [-0.39, 0.29) is 5.92 Å². The minimum absolute atomic E-state index is 0.274. The lowest BCUT2D eigenvalue weighted by molar-refractivity contribution is 0.169. The zero-order valence-electron chi connectivity index (χ0n) is 12.6. The van der Waals surface area contributed by atoms with E-state index < -0.39 is 0 Å². The molecule has 0 N–H and O–H groups in total. The second-order valence-electron chi connectivity index (χ2n) is 6.82. The maximum atomic E-state index is 9.29. The Labute approximate surface area is 117 Å². The summed E-state index contributed by atoms with van der Waals surface area (Å²) in [6.45, 7) is 8.13. The quantitative estimate of drug-likeness (QED) is 0.779. The van der Waals surface area contributed by atoms with Crippen molar-refractivity contribution in [1.29, 1.82) is 5.26 Å². The van der Waals surface area contributed by atoms with E-state index in [1.165, 1.54) is 12.8 Å². The zero-order valence-corrected chi connectivity index (χ0v) is 13.4. The SMILES string of the molecule is CN(C)CCSC1CC(C(C)(C)C)CCC1C#N. The largest absolute Gasteiger partial charge is 0.309 e. The minimum atomic E-state index is 0.274. The maximum absolute atomic E-state index is 9.29. The van der Waals surface area contributed by atoms with Crippen LogP contribution in [0.2, 0.25) is 0 Å². The molecule has 3 heteroatoms. The van der Waals surface area contributed by atoms with Crippen LogP contribution < -0.4 is 0 Å². The van der Waals surface area contributed by atoms with Crippen molar-refractivity contribution in [3.63, 3.8) is 0 Å². The van der Waals surface area contributed by atoms with E-state index in [0.29, 0.717) is 10.7 Å². The summed E-state index contributed by atoms with van der Waals surface area (Å²) in [6, 6.07) is 2.53. The summed E-state index contributed by atoms with van der Waals surface area (Å²) >= 11 is 2.01. The molecule has 104 valence electrons. The first-order valence-corrected chi connectivity index (χ1v) is 8.05. The van der Waals surface area contributed by atoms with E-state index >= 15 is 0 Å². The van der Waals surface area contributed by atoms with E-state index in [2.05, 4.69) is 45.8 Å². The molecule has 0 bridgehead atoms. The van der Waals surface area contributed by atoms with Crippen molar-refractivity contribution < 1.29 is 0 Å². The average molecular weight is 268 g/mol. The topological polar surface area (TPSA) is 27.0 Å². The molecule has 0 radical (unpaired) electrons. The Morgan fingerprint density at radius 1 is 1.28 bits per heavy atom. The van der Waals surface area contributed by atoms with Gasteiger partial charge in [-0.25, -0.2) is 0 Å². The van der Waals surface area contributed by atoms with Gasteiger partial charge < -0.3 is 4.90 Å². The molecule has 1 fully saturated rings. The van der Waals surface area contributed by atoms with Crippen LogP contribution in [0, 0.1) is 28.6 Å². The van der Waals surface area contributed by atoms with Crippen molar-refractivity contribution in [3.8, 4) is 6.07 Å². The Hall–Kier alpha value is -0.200. The molecule has 3 atom stereocenters. The van der Waals surface area contributed by atoms with Crippen molar-refractivity contribution in [2.24, 2.45) is 17.3 Å². The van der Waals surface area contributed by atoms with Gasteiger partial charge in [-0.2, -0.15) is 17.0 Å². The van der Waals surface area contributed by atoms with Gasteiger partial charge in [0.1, 0.15) is 0 Å². The molecule has 0 aromatic rings. The summed E-state index contributed by atoms with van der Waals surface area (Å²) in [5.74, 6) is 2.20. The summed E-state index contributed by atoms with van der Waals surface area (Å²) in [7, 11) is 4.22. The molecule has 18 heavy (non-hydrogen) atoms. The number of hydrogen-bond acceptors (Lipinski definition) is 3. The average Bonchev–Trinajstić information content (AvgIpc) is 2.27. The van der Waals surface area contributed by atoms with Gasteiger partial charge >= 0.3 is 0 Å². The number of rotatable bonds is 4. The van der Waals surface area contributed by atoms with Gasteiger partial charge in [0.15, 0.2) is 0 Å². The third-order valence-electron chi connectivity index (χ3n) is 4.05.